The molecule has 0 N–H and O–H groups in total. The van der Waals surface area contributed by atoms with Gasteiger partial charge < -0.3 is 14.5 Å². The second kappa shape index (κ2) is 6.26. The minimum atomic E-state index is -0.460. The summed E-state index contributed by atoms with van der Waals surface area (Å²) in [5.41, 5.74) is 0.485. The molecule has 2 unspecified atom stereocenters. The van der Waals surface area contributed by atoms with E-state index >= 15 is 0 Å². The second-order valence-corrected chi connectivity index (χ2v) is 8.04. The number of rotatable bonds is 2. The lowest BCUT2D eigenvalue weighted by atomic mass is 10.0. The molecule has 0 bridgehead atoms. The average Bonchev–Trinajstić information content (AvgIpc) is 3.27. The maximum Gasteiger partial charge on any atom is 0.410 e. The van der Waals surface area contributed by atoms with Crippen LogP contribution in [0.25, 0.3) is 5.69 Å². The molecule has 1 aromatic heterocycles. The monoisotopic (exact) mass is 356 g/mol. The van der Waals surface area contributed by atoms with Crippen molar-refractivity contribution in [1.82, 2.24) is 25.1 Å². The molecule has 8 nitrogen and oxygen atoms in total. The minimum Gasteiger partial charge on any atom is -0.444 e. The number of benzene rings is 1. The molecule has 138 valence electrons. The maximum absolute atomic E-state index is 12.3. The second-order valence-electron chi connectivity index (χ2n) is 8.04. The zero-order valence-corrected chi connectivity index (χ0v) is 15.4. The number of carbonyl (C=O) groups excluding carboxylic acids is 1. The van der Waals surface area contributed by atoms with Crippen molar-refractivity contribution in [3.05, 3.63) is 30.3 Å². The number of hydrogen-bond donors (Lipinski definition) is 0. The number of likely N-dealkylation sites (tertiary alicyclic amines) is 1. The van der Waals surface area contributed by atoms with E-state index in [4.69, 9.17) is 4.74 Å². The highest BCUT2D eigenvalue weighted by Gasteiger charge is 2.43. The van der Waals surface area contributed by atoms with Crippen molar-refractivity contribution in [2.75, 3.05) is 31.1 Å². The first-order valence-electron chi connectivity index (χ1n) is 8.97. The lowest BCUT2D eigenvalue weighted by molar-refractivity contribution is 0.0282. The Morgan fingerprint density at radius 2 is 1.73 bits per heavy atom. The first-order chi connectivity index (χ1) is 12.4. The van der Waals surface area contributed by atoms with Gasteiger partial charge in [0.2, 0.25) is 5.95 Å². The van der Waals surface area contributed by atoms with Crippen molar-refractivity contribution in [2.24, 2.45) is 11.8 Å². The fourth-order valence-electron chi connectivity index (χ4n) is 3.75. The summed E-state index contributed by atoms with van der Waals surface area (Å²) in [5, 5.41) is 12.2. The van der Waals surface area contributed by atoms with Crippen LogP contribution in [-0.2, 0) is 4.74 Å². The highest BCUT2D eigenvalue weighted by Crippen LogP contribution is 2.34. The topological polar surface area (TPSA) is 76.4 Å². The highest BCUT2D eigenvalue weighted by molar-refractivity contribution is 5.68. The molecule has 2 aliphatic rings. The number of carbonyl (C=O) groups is 1. The summed E-state index contributed by atoms with van der Waals surface area (Å²) in [4.78, 5) is 16.3. The third-order valence-electron chi connectivity index (χ3n) is 4.87. The van der Waals surface area contributed by atoms with Gasteiger partial charge in [0.25, 0.3) is 0 Å². The standard InChI is InChI=1S/C18H24N6O2/c1-18(2,3)26-17(25)23-11-13-9-22(10-14(13)12-23)16-19-20-21-24(16)15-7-5-4-6-8-15/h4-8,13-14H,9-12H2,1-3H3. The highest BCUT2D eigenvalue weighted by atomic mass is 16.6. The van der Waals surface area contributed by atoms with Crippen molar-refractivity contribution in [2.45, 2.75) is 26.4 Å². The number of hydrogen-bond acceptors (Lipinski definition) is 6. The zero-order valence-electron chi connectivity index (χ0n) is 15.4. The molecule has 4 rings (SSSR count). The van der Waals surface area contributed by atoms with E-state index in [0.29, 0.717) is 11.8 Å². The van der Waals surface area contributed by atoms with Crippen molar-refractivity contribution in [1.29, 1.82) is 0 Å². The van der Waals surface area contributed by atoms with E-state index in [0.717, 1.165) is 37.8 Å². The van der Waals surface area contributed by atoms with Gasteiger partial charge in [-0.15, -0.1) is 0 Å². The van der Waals surface area contributed by atoms with Gasteiger partial charge in [-0.05, 0) is 43.3 Å². The third kappa shape index (κ3) is 3.23. The van der Waals surface area contributed by atoms with Crippen LogP contribution in [0.4, 0.5) is 10.7 Å². The minimum absolute atomic E-state index is 0.215. The maximum atomic E-state index is 12.3. The van der Waals surface area contributed by atoms with Gasteiger partial charge in [0.1, 0.15) is 5.60 Å². The molecule has 2 aromatic rings. The normalized spacial score (nSPS) is 22.6. The van der Waals surface area contributed by atoms with Gasteiger partial charge in [-0.2, -0.15) is 4.68 Å². The van der Waals surface area contributed by atoms with Crippen molar-refractivity contribution in [3.8, 4) is 5.69 Å². The molecular weight excluding hydrogens is 332 g/mol. The van der Waals surface area contributed by atoms with Crippen LogP contribution in [-0.4, -0.2) is 63.0 Å². The predicted molar refractivity (Wildman–Crippen MR) is 96.2 cm³/mol. The summed E-state index contributed by atoms with van der Waals surface area (Å²) in [7, 11) is 0. The van der Waals surface area contributed by atoms with Crippen molar-refractivity contribution in [3.63, 3.8) is 0 Å². The number of amides is 1. The van der Waals surface area contributed by atoms with Crippen LogP contribution in [0.3, 0.4) is 0 Å². The van der Waals surface area contributed by atoms with Crippen LogP contribution >= 0.6 is 0 Å². The third-order valence-corrected chi connectivity index (χ3v) is 4.87. The van der Waals surface area contributed by atoms with E-state index in [9.17, 15) is 4.79 Å². The smallest absolute Gasteiger partial charge is 0.410 e. The molecule has 3 heterocycles. The van der Waals surface area contributed by atoms with E-state index < -0.39 is 5.60 Å². The molecule has 2 saturated heterocycles. The van der Waals surface area contributed by atoms with Crippen LogP contribution in [0.1, 0.15) is 20.8 Å². The van der Waals surface area contributed by atoms with E-state index in [1.807, 2.05) is 56.0 Å². The van der Waals surface area contributed by atoms with Gasteiger partial charge in [0.05, 0.1) is 5.69 Å². The van der Waals surface area contributed by atoms with Gasteiger partial charge in [-0.3, -0.25) is 0 Å². The summed E-state index contributed by atoms with van der Waals surface area (Å²) in [6, 6.07) is 9.89. The van der Waals surface area contributed by atoms with E-state index in [1.54, 1.807) is 4.68 Å². The van der Waals surface area contributed by atoms with Gasteiger partial charge in [0, 0.05) is 38.0 Å². The fourth-order valence-corrected chi connectivity index (χ4v) is 3.75. The van der Waals surface area contributed by atoms with Crippen molar-refractivity contribution >= 4 is 12.0 Å². The number of tetrazole rings is 1. The largest absolute Gasteiger partial charge is 0.444 e. The van der Waals surface area contributed by atoms with Crippen LogP contribution in [0, 0.1) is 11.8 Å². The van der Waals surface area contributed by atoms with Gasteiger partial charge in [-0.1, -0.05) is 23.3 Å². The molecule has 0 saturated carbocycles. The Hall–Kier alpha value is -2.64. The average molecular weight is 356 g/mol. The molecule has 1 aromatic carbocycles. The number of nitrogens with zero attached hydrogens (tertiary/aromatic N) is 6. The molecule has 2 fully saturated rings. The molecule has 8 heteroatoms. The summed E-state index contributed by atoms with van der Waals surface area (Å²) in [6.45, 7) is 8.83. The van der Waals surface area contributed by atoms with Crippen LogP contribution < -0.4 is 4.90 Å². The van der Waals surface area contributed by atoms with Crippen molar-refractivity contribution < 1.29 is 9.53 Å². The lowest BCUT2D eigenvalue weighted by Gasteiger charge is -2.26. The first kappa shape index (κ1) is 16.8. The molecule has 2 atom stereocenters. The SMILES string of the molecule is CC(C)(C)OC(=O)N1CC2CN(c3nnnn3-c3ccccc3)CC2C1. The Labute approximate surface area is 152 Å². The van der Waals surface area contributed by atoms with E-state index in [2.05, 4.69) is 20.4 Å². The Bertz CT molecular complexity index is 770. The quantitative estimate of drug-likeness (QED) is 0.819. The summed E-state index contributed by atoms with van der Waals surface area (Å²) in [5.74, 6) is 1.60. The Morgan fingerprint density at radius 3 is 2.35 bits per heavy atom. The van der Waals surface area contributed by atoms with Crippen LogP contribution in [0.15, 0.2) is 30.3 Å². The molecule has 0 radical (unpaired) electrons. The van der Waals surface area contributed by atoms with E-state index in [-0.39, 0.29) is 6.09 Å². The molecule has 1 amide bonds. The number of ether oxygens (including phenoxy) is 1. The number of fused-ring (bicyclic) bond motifs is 1. The summed E-state index contributed by atoms with van der Waals surface area (Å²) in [6.07, 6.45) is -0.215. The number of aromatic nitrogens is 4. The number of anilines is 1. The zero-order chi connectivity index (χ0) is 18.3. The number of para-hydroxylation sites is 1. The lowest BCUT2D eigenvalue weighted by Crippen LogP contribution is -2.37. The summed E-state index contributed by atoms with van der Waals surface area (Å²) >= 11 is 0. The molecule has 26 heavy (non-hydrogen) atoms. The molecular formula is C18H24N6O2. The Kier molecular flexibility index (Phi) is 4.05. The Morgan fingerprint density at radius 1 is 1.08 bits per heavy atom. The first-order valence-corrected chi connectivity index (χ1v) is 8.97. The molecule has 0 spiro atoms. The van der Waals surface area contributed by atoms with E-state index in [1.165, 1.54) is 0 Å². The Balaban J connectivity index is 1.43. The van der Waals surface area contributed by atoms with Gasteiger partial charge in [-0.25, -0.2) is 4.79 Å². The summed E-state index contributed by atoms with van der Waals surface area (Å²) < 4.78 is 7.27. The fraction of sp³-hybridized carbons (Fsp3) is 0.556. The molecule has 2 aliphatic heterocycles. The van der Waals surface area contributed by atoms with Crippen LogP contribution in [0.5, 0.6) is 0 Å². The van der Waals surface area contributed by atoms with Crippen LogP contribution in [0.2, 0.25) is 0 Å². The van der Waals surface area contributed by atoms with Gasteiger partial charge in [0.15, 0.2) is 0 Å². The van der Waals surface area contributed by atoms with Gasteiger partial charge >= 0.3 is 6.09 Å². The molecule has 0 aliphatic carbocycles. The predicted octanol–water partition coefficient (Wildman–Crippen LogP) is 1.97.